The van der Waals surface area contributed by atoms with Crippen LogP contribution < -0.4 is 9.47 Å². The lowest BCUT2D eigenvalue weighted by Gasteiger charge is -2.14. The fraction of sp³-hybridized carbons (Fsp3) is 0.556. The first-order valence-corrected chi connectivity index (χ1v) is 4.77. The highest BCUT2D eigenvalue weighted by atomic mass is 35.5. The van der Waals surface area contributed by atoms with Crippen molar-refractivity contribution in [2.24, 2.45) is 0 Å². The van der Waals surface area contributed by atoms with Gasteiger partial charge >= 0.3 is 0 Å². The van der Waals surface area contributed by atoms with E-state index in [2.05, 4.69) is 9.97 Å². The van der Waals surface area contributed by atoms with E-state index < -0.39 is 0 Å². The maximum absolute atomic E-state index is 5.80. The van der Waals surface area contributed by atoms with Crippen LogP contribution in [0.5, 0.6) is 11.6 Å². The summed E-state index contributed by atoms with van der Waals surface area (Å²) >= 11 is 5.80. The number of ether oxygens (including phenoxy) is 3. The van der Waals surface area contributed by atoms with E-state index >= 15 is 0 Å². The fourth-order valence-electron chi connectivity index (χ4n) is 1.05. The summed E-state index contributed by atoms with van der Waals surface area (Å²) in [6, 6.07) is 0. The molecule has 0 aromatic carbocycles. The fourth-order valence-corrected chi connectivity index (χ4v) is 1.25. The van der Waals surface area contributed by atoms with Gasteiger partial charge in [-0.3, -0.25) is 0 Å². The molecule has 1 aromatic rings. The molecule has 0 aliphatic heterocycles. The maximum Gasteiger partial charge on any atom is 0.262 e. The monoisotopic (exact) mass is 232 g/mol. The molecule has 0 fully saturated rings. The minimum absolute atomic E-state index is 0.130. The highest BCUT2D eigenvalue weighted by Crippen LogP contribution is 2.30. The molecule has 6 heteroatoms. The number of aromatic nitrogens is 2. The van der Waals surface area contributed by atoms with Gasteiger partial charge in [0.15, 0.2) is 5.15 Å². The minimum atomic E-state index is -0.130. The largest absolute Gasteiger partial charge is 0.489 e. The molecule has 0 N–H and O–H groups in total. The van der Waals surface area contributed by atoms with Gasteiger partial charge in [0.2, 0.25) is 5.75 Å². The van der Waals surface area contributed by atoms with Crippen molar-refractivity contribution < 1.29 is 14.2 Å². The van der Waals surface area contributed by atoms with Crippen LogP contribution in [0.25, 0.3) is 0 Å². The van der Waals surface area contributed by atoms with E-state index in [4.69, 9.17) is 25.8 Å². The average molecular weight is 233 g/mol. The van der Waals surface area contributed by atoms with Crippen molar-refractivity contribution in [2.45, 2.75) is 13.0 Å². The summed E-state index contributed by atoms with van der Waals surface area (Å²) in [5.74, 6) is 0.657. The van der Waals surface area contributed by atoms with Crippen LogP contribution in [0.2, 0.25) is 5.15 Å². The Morgan fingerprint density at radius 1 is 1.40 bits per heavy atom. The lowest BCUT2D eigenvalue weighted by Crippen LogP contribution is -2.19. The number of nitrogens with zero attached hydrogens (tertiary/aromatic N) is 2. The number of hydrogen-bond donors (Lipinski definition) is 0. The predicted molar refractivity (Wildman–Crippen MR) is 55.6 cm³/mol. The van der Waals surface area contributed by atoms with Gasteiger partial charge in [-0.25, -0.2) is 4.98 Å². The molecule has 1 unspecified atom stereocenters. The number of methoxy groups -OCH3 is 2. The molecule has 0 bridgehead atoms. The topological polar surface area (TPSA) is 53.5 Å². The van der Waals surface area contributed by atoms with Crippen molar-refractivity contribution in [3.8, 4) is 11.6 Å². The lowest BCUT2D eigenvalue weighted by atomic mass is 10.4. The Morgan fingerprint density at radius 2 is 2.13 bits per heavy atom. The van der Waals surface area contributed by atoms with Gasteiger partial charge in [0.25, 0.3) is 5.88 Å². The molecule has 1 atom stereocenters. The van der Waals surface area contributed by atoms with E-state index in [0.29, 0.717) is 18.2 Å². The molecule has 0 radical (unpaired) electrons. The zero-order chi connectivity index (χ0) is 11.3. The standard InChI is InChI=1S/C9H13ClN2O3/c1-6(4-13-2)15-9-7(14-3)8(10)11-5-12-9/h5-6H,4H2,1-3H3. The molecular weight excluding hydrogens is 220 g/mol. The van der Waals surface area contributed by atoms with E-state index in [0.717, 1.165) is 0 Å². The molecule has 1 heterocycles. The Kier molecular flexibility index (Phi) is 4.58. The van der Waals surface area contributed by atoms with Gasteiger partial charge in [-0.2, -0.15) is 4.98 Å². The molecular formula is C9H13ClN2O3. The second-order valence-corrected chi connectivity index (χ2v) is 3.24. The van der Waals surface area contributed by atoms with Crippen LogP contribution in [0.15, 0.2) is 6.33 Å². The maximum atomic E-state index is 5.80. The number of hydrogen-bond acceptors (Lipinski definition) is 5. The van der Waals surface area contributed by atoms with E-state index in [9.17, 15) is 0 Å². The van der Waals surface area contributed by atoms with Crippen molar-refractivity contribution in [1.29, 1.82) is 0 Å². The molecule has 0 aliphatic carbocycles. The van der Waals surface area contributed by atoms with Crippen molar-refractivity contribution in [1.82, 2.24) is 9.97 Å². The van der Waals surface area contributed by atoms with Gasteiger partial charge in [-0.15, -0.1) is 0 Å². The van der Waals surface area contributed by atoms with Gasteiger partial charge in [-0.05, 0) is 6.92 Å². The van der Waals surface area contributed by atoms with Crippen LogP contribution in [0.3, 0.4) is 0 Å². The van der Waals surface area contributed by atoms with Crippen molar-refractivity contribution in [2.75, 3.05) is 20.8 Å². The van der Waals surface area contributed by atoms with Crippen LogP contribution in [0.4, 0.5) is 0 Å². The molecule has 0 spiro atoms. The third kappa shape index (κ3) is 3.21. The molecule has 0 saturated heterocycles. The number of rotatable bonds is 5. The van der Waals surface area contributed by atoms with Crippen LogP contribution in [0, 0.1) is 0 Å². The van der Waals surface area contributed by atoms with Gasteiger partial charge in [-0.1, -0.05) is 11.6 Å². The number of halogens is 1. The molecule has 84 valence electrons. The van der Waals surface area contributed by atoms with Gasteiger partial charge in [0, 0.05) is 7.11 Å². The highest BCUT2D eigenvalue weighted by Gasteiger charge is 2.14. The van der Waals surface area contributed by atoms with E-state index in [1.54, 1.807) is 7.11 Å². The van der Waals surface area contributed by atoms with E-state index in [1.165, 1.54) is 13.4 Å². The zero-order valence-electron chi connectivity index (χ0n) is 8.86. The summed E-state index contributed by atoms with van der Waals surface area (Å²) in [7, 11) is 3.09. The zero-order valence-corrected chi connectivity index (χ0v) is 9.61. The van der Waals surface area contributed by atoms with Crippen LogP contribution in [-0.2, 0) is 4.74 Å². The molecule has 15 heavy (non-hydrogen) atoms. The Bertz CT molecular complexity index is 322. The third-order valence-electron chi connectivity index (χ3n) is 1.65. The Morgan fingerprint density at radius 3 is 2.73 bits per heavy atom. The van der Waals surface area contributed by atoms with E-state index in [-0.39, 0.29) is 11.3 Å². The second kappa shape index (κ2) is 5.72. The Balaban J connectivity index is 2.80. The SMILES string of the molecule is COCC(C)Oc1ncnc(Cl)c1OC. The predicted octanol–water partition coefficient (Wildman–Crippen LogP) is 1.55. The summed E-state index contributed by atoms with van der Waals surface area (Å²) in [6.07, 6.45) is 1.19. The summed E-state index contributed by atoms with van der Waals surface area (Å²) in [5.41, 5.74) is 0. The minimum Gasteiger partial charge on any atom is -0.489 e. The van der Waals surface area contributed by atoms with Crippen molar-refractivity contribution >= 4 is 11.6 Å². The first-order valence-electron chi connectivity index (χ1n) is 4.39. The first kappa shape index (κ1) is 12.0. The summed E-state index contributed by atoms with van der Waals surface area (Å²) < 4.78 is 15.4. The van der Waals surface area contributed by atoms with Crippen LogP contribution in [0.1, 0.15) is 6.92 Å². The highest BCUT2D eigenvalue weighted by molar-refractivity contribution is 6.31. The molecule has 5 nitrogen and oxygen atoms in total. The Hall–Kier alpha value is -1.07. The van der Waals surface area contributed by atoms with Gasteiger partial charge < -0.3 is 14.2 Å². The first-order chi connectivity index (χ1) is 7.19. The lowest BCUT2D eigenvalue weighted by molar-refractivity contribution is 0.0865. The Labute approximate surface area is 93.3 Å². The van der Waals surface area contributed by atoms with Gasteiger partial charge in [0.1, 0.15) is 12.4 Å². The quantitative estimate of drug-likeness (QED) is 0.721. The van der Waals surface area contributed by atoms with Crippen LogP contribution >= 0.6 is 11.6 Å². The molecule has 1 aromatic heterocycles. The third-order valence-corrected chi connectivity index (χ3v) is 1.92. The summed E-state index contributed by atoms with van der Waals surface area (Å²) in [4.78, 5) is 7.72. The molecule has 1 rings (SSSR count). The molecule has 0 aliphatic rings. The molecule has 0 amide bonds. The van der Waals surface area contributed by atoms with Gasteiger partial charge in [0.05, 0.1) is 13.7 Å². The van der Waals surface area contributed by atoms with E-state index in [1.807, 2.05) is 6.92 Å². The van der Waals surface area contributed by atoms with Crippen molar-refractivity contribution in [3.05, 3.63) is 11.5 Å². The second-order valence-electron chi connectivity index (χ2n) is 2.89. The molecule has 0 saturated carbocycles. The summed E-state index contributed by atoms with van der Waals surface area (Å²) in [6.45, 7) is 2.32. The van der Waals surface area contributed by atoms with Crippen molar-refractivity contribution in [3.63, 3.8) is 0 Å². The van der Waals surface area contributed by atoms with Crippen LogP contribution in [-0.4, -0.2) is 36.9 Å². The smallest absolute Gasteiger partial charge is 0.262 e. The summed E-state index contributed by atoms with van der Waals surface area (Å²) in [5, 5.41) is 0.229. The normalized spacial score (nSPS) is 12.3. The average Bonchev–Trinajstić information content (AvgIpc) is 2.18.